The molecule has 1 nitrogen and oxygen atoms in total. The molecule has 0 saturated heterocycles. The van der Waals surface area contributed by atoms with Crippen LogP contribution >= 0.6 is 0 Å². The molecule has 1 aliphatic carbocycles. The van der Waals surface area contributed by atoms with Crippen molar-refractivity contribution < 1.29 is 4.39 Å². The molecule has 1 aromatic rings. The monoisotopic (exact) mass is 249 g/mol. The zero-order chi connectivity index (χ0) is 13.3. The highest BCUT2D eigenvalue weighted by Gasteiger charge is 2.50. The summed E-state index contributed by atoms with van der Waals surface area (Å²) in [5, 5.41) is 3.60. The number of halogens is 1. The van der Waals surface area contributed by atoms with Gasteiger partial charge in [0.15, 0.2) is 0 Å². The van der Waals surface area contributed by atoms with Crippen LogP contribution in [0.2, 0.25) is 0 Å². The van der Waals surface area contributed by atoms with E-state index in [4.69, 9.17) is 0 Å². The van der Waals surface area contributed by atoms with Gasteiger partial charge in [-0.1, -0.05) is 26.8 Å². The second-order valence-corrected chi connectivity index (χ2v) is 6.23. The fourth-order valence-electron chi connectivity index (χ4n) is 2.79. The Morgan fingerprint density at radius 1 is 1.44 bits per heavy atom. The van der Waals surface area contributed by atoms with Crippen molar-refractivity contribution in [2.45, 2.75) is 46.6 Å². The van der Waals surface area contributed by atoms with Gasteiger partial charge in [-0.25, -0.2) is 4.39 Å². The van der Waals surface area contributed by atoms with Crippen LogP contribution in [0.1, 0.15) is 50.8 Å². The third-order valence-corrected chi connectivity index (χ3v) is 4.18. The Labute approximate surface area is 110 Å². The van der Waals surface area contributed by atoms with Crippen LogP contribution in [-0.4, -0.2) is 6.54 Å². The summed E-state index contributed by atoms with van der Waals surface area (Å²) in [6, 6.07) is 5.45. The molecule has 0 bridgehead atoms. The van der Waals surface area contributed by atoms with Gasteiger partial charge in [0, 0.05) is 6.04 Å². The number of nitrogens with one attached hydrogen (secondary N) is 1. The predicted octanol–water partition coefficient (Wildman–Crippen LogP) is 4.22. The molecule has 1 aromatic carbocycles. The third-order valence-electron chi connectivity index (χ3n) is 4.18. The minimum Gasteiger partial charge on any atom is -0.310 e. The molecule has 1 fully saturated rings. The SMILES string of the molecule is CCCNC(c1cc(F)ccc1C)C1CC1(C)C. The molecule has 2 rings (SSSR count). The van der Waals surface area contributed by atoms with Gasteiger partial charge in [0.1, 0.15) is 5.82 Å². The maximum absolute atomic E-state index is 13.5. The molecule has 0 spiro atoms. The molecule has 2 unspecified atom stereocenters. The van der Waals surface area contributed by atoms with Gasteiger partial charge in [-0.2, -0.15) is 0 Å². The van der Waals surface area contributed by atoms with Crippen LogP contribution in [0, 0.1) is 24.1 Å². The second-order valence-electron chi connectivity index (χ2n) is 6.23. The average molecular weight is 249 g/mol. The van der Waals surface area contributed by atoms with E-state index in [2.05, 4.69) is 33.0 Å². The van der Waals surface area contributed by atoms with E-state index in [0.29, 0.717) is 17.4 Å². The van der Waals surface area contributed by atoms with Crippen LogP contribution in [0.5, 0.6) is 0 Å². The standard InChI is InChI=1S/C16H24FN/c1-5-8-18-15(14-10-16(14,3)4)13-9-12(17)7-6-11(13)2/h6-7,9,14-15,18H,5,8,10H2,1-4H3. The molecular weight excluding hydrogens is 225 g/mol. The van der Waals surface area contributed by atoms with Crippen molar-refractivity contribution in [2.75, 3.05) is 6.54 Å². The molecule has 0 amide bonds. The van der Waals surface area contributed by atoms with Crippen molar-refractivity contribution in [1.82, 2.24) is 5.32 Å². The lowest BCUT2D eigenvalue weighted by atomic mass is 9.93. The summed E-state index contributed by atoms with van der Waals surface area (Å²) in [4.78, 5) is 0. The van der Waals surface area contributed by atoms with Crippen molar-refractivity contribution in [3.05, 3.63) is 35.1 Å². The second kappa shape index (κ2) is 5.00. The molecule has 100 valence electrons. The van der Waals surface area contributed by atoms with E-state index < -0.39 is 0 Å². The summed E-state index contributed by atoms with van der Waals surface area (Å²) in [7, 11) is 0. The lowest BCUT2D eigenvalue weighted by Crippen LogP contribution is -2.26. The minimum atomic E-state index is -0.127. The summed E-state index contributed by atoms with van der Waals surface area (Å²) in [5.74, 6) is 0.502. The van der Waals surface area contributed by atoms with Crippen LogP contribution in [0.4, 0.5) is 4.39 Å². The van der Waals surface area contributed by atoms with Gasteiger partial charge in [-0.3, -0.25) is 0 Å². The third kappa shape index (κ3) is 2.74. The lowest BCUT2D eigenvalue weighted by molar-refractivity contribution is 0.413. The Hall–Kier alpha value is -0.890. The van der Waals surface area contributed by atoms with Crippen LogP contribution in [0.3, 0.4) is 0 Å². The van der Waals surface area contributed by atoms with E-state index >= 15 is 0 Å². The van der Waals surface area contributed by atoms with E-state index in [1.165, 1.54) is 12.0 Å². The number of hydrogen-bond acceptors (Lipinski definition) is 1. The molecular formula is C16H24FN. The predicted molar refractivity (Wildman–Crippen MR) is 74.1 cm³/mol. The molecule has 0 aliphatic heterocycles. The molecule has 0 heterocycles. The molecule has 0 aromatic heterocycles. The summed E-state index contributed by atoms with van der Waals surface area (Å²) in [6.45, 7) is 9.83. The van der Waals surface area contributed by atoms with E-state index in [-0.39, 0.29) is 5.82 Å². The van der Waals surface area contributed by atoms with Gasteiger partial charge in [-0.15, -0.1) is 0 Å². The van der Waals surface area contributed by atoms with E-state index in [9.17, 15) is 4.39 Å². The smallest absolute Gasteiger partial charge is 0.123 e. The largest absolute Gasteiger partial charge is 0.310 e. The summed E-state index contributed by atoms with van der Waals surface area (Å²) >= 11 is 0. The Balaban J connectivity index is 2.25. The van der Waals surface area contributed by atoms with Crippen molar-refractivity contribution >= 4 is 0 Å². The fraction of sp³-hybridized carbons (Fsp3) is 0.625. The normalized spacial score (nSPS) is 22.8. The van der Waals surface area contributed by atoms with Crippen LogP contribution in [0.25, 0.3) is 0 Å². The fourth-order valence-corrected chi connectivity index (χ4v) is 2.79. The molecule has 2 heteroatoms. The molecule has 1 saturated carbocycles. The first-order valence-electron chi connectivity index (χ1n) is 6.95. The Bertz CT molecular complexity index is 425. The van der Waals surface area contributed by atoms with Crippen LogP contribution < -0.4 is 5.32 Å². The van der Waals surface area contributed by atoms with Crippen molar-refractivity contribution in [3.63, 3.8) is 0 Å². The molecule has 1 aliphatic rings. The average Bonchev–Trinajstić information content (AvgIpc) is 2.93. The van der Waals surface area contributed by atoms with Crippen molar-refractivity contribution in [1.29, 1.82) is 0 Å². The van der Waals surface area contributed by atoms with Gasteiger partial charge in [-0.05, 0) is 60.9 Å². The van der Waals surface area contributed by atoms with E-state index in [0.717, 1.165) is 18.5 Å². The summed E-state index contributed by atoms with van der Waals surface area (Å²) in [6.07, 6.45) is 2.34. The molecule has 2 atom stereocenters. The van der Waals surface area contributed by atoms with Gasteiger partial charge >= 0.3 is 0 Å². The Morgan fingerprint density at radius 2 is 2.11 bits per heavy atom. The maximum atomic E-state index is 13.5. The van der Waals surface area contributed by atoms with Gasteiger partial charge in [0.25, 0.3) is 0 Å². The zero-order valence-electron chi connectivity index (χ0n) is 11.9. The maximum Gasteiger partial charge on any atom is 0.123 e. The zero-order valence-corrected chi connectivity index (χ0v) is 11.9. The number of aryl methyl sites for hydroxylation is 1. The summed E-state index contributed by atoms with van der Waals surface area (Å²) in [5.41, 5.74) is 2.72. The minimum absolute atomic E-state index is 0.127. The van der Waals surface area contributed by atoms with E-state index in [1.807, 2.05) is 6.07 Å². The van der Waals surface area contributed by atoms with Crippen LogP contribution in [-0.2, 0) is 0 Å². The first-order valence-corrected chi connectivity index (χ1v) is 6.95. The highest BCUT2D eigenvalue weighted by Crippen LogP contribution is 2.58. The Morgan fingerprint density at radius 3 is 2.67 bits per heavy atom. The van der Waals surface area contributed by atoms with Crippen molar-refractivity contribution in [2.24, 2.45) is 11.3 Å². The van der Waals surface area contributed by atoms with Gasteiger partial charge in [0.05, 0.1) is 0 Å². The molecule has 0 radical (unpaired) electrons. The van der Waals surface area contributed by atoms with E-state index in [1.54, 1.807) is 12.1 Å². The quantitative estimate of drug-likeness (QED) is 0.823. The number of rotatable bonds is 5. The number of hydrogen-bond donors (Lipinski definition) is 1. The highest BCUT2D eigenvalue weighted by molar-refractivity contribution is 5.32. The summed E-state index contributed by atoms with van der Waals surface area (Å²) < 4.78 is 13.5. The topological polar surface area (TPSA) is 12.0 Å². The first-order chi connectivity index (χ1) is 8.45. The van der Waals surface area contributed by atoms with Crippen LogP contribution in [0.15, 0.2) is 18.2 Å². The lowest BCUT2D eigenvalue weighted by Gasteiger charge is -2.22. The van der Waals surface area contributed by atoms with Crippen molar-refractivity contribution in [3.8, 4) is 0 Å². The Kier molecular flexibility index (Phi) is 3.76. The highest BCUT2D eigenvalue weighted by atomic mass is 19.1. The first kappa shape index (κ1) is 13.5. The van der Waals surface area contributed by atoms with Gasteiger partial charge in [0.2, 0.25) is 0 Å². The van der Waals surface area contributed by atoms with Gasteiger partial charge < -0.3 is 5.32 Å². The molecule has 1 N–H and O–H groups in total. The number of benzene rings is 1. The molecule has 18 heavy (non-hydrogen) atoms.